The van der Waals surface area contributed by atoms with Crippen molar-refractivity contribution >= 4 is 17.0 Å². The van der Waals surface area contributed by atoms with E-state index in [1.807, 2.05) is 4.90 Å². The van der Waals surface area contributed by atoms with E-state index in [1.54, 1.807) is 14.0 Å². The molecule has 7 nitrogen and oxygen atoms in total. The van der Waals surface area contributed by atoms with Crippen LogP contribution in [0.25, 0.3) is 11.1 Å². The molecule has 0 atom stereocenters. The Bertz CT molecular complexity index is 851. The molecular formula is C17H22N4O3. The van der Waals surface area contributed by atoms with Gasteiger partial charge in [-0.15, -0.1) is 0 Å². The number of fused-ring (bicyclic) bond motifs is 1. The standard InChI is InChI=1S/C17H22N4O3/c1-11-12(13-14(24-11)19-10-20(2)15(13)22)16(23)21-7-4-17(5-8-21)3-6-18-9-17/h10,18H,3-9H2,1-2H3. The van der Waals surface area contributed by atoms with Gasteiger partial charge in [-0.25, -0.2) is 4.98 Å². The highest BCUT2D eigenvalue weighted by molar-refractivity contribution is 6.06. The fraction of sp³-hybridized carbons (Fsp3) is 0.588. The van der Waals surface area contributed by atoms with Crippen molar-refractivity contribution in [3.63, 3.8) is 0 Å². The molecule has 0 radical (unpaired) electrons. The summed E-state index contributed by atoms with van der Waals surface area (Å²) in [5, 5.41) is 3.73. The predicted octanol–water partition coefficient (Wildman–Crippen LogP) is 1.05. The number of carbonyl (C=O) groups excluding carboxylic acids is 1. The molecule has 1 amide bonds. The Labute approximate surface area is 139 Å². The van der Waals surface area contributed by atoms with Gasteiger partial charge < -0.3 is 19.2 Å². The summed E-state index contributed by atoms with van der Waals surface area (Å²) in [6.07, 6.45) is 4.63. The Hall–Kier alpha value is -2.15. The number of carbonyl (C=O) groups is 1. The van der Waals surface area contributed by atoms with E-state index >= 15 is 0 Å². The van der Waals surface area contributed by atoms with Crippen LogP contribution in [0, 0.1) is 12.3 Å². The van der Waals surface area contributed by atoms with Gasteiger partial charge in [0.25, 0.3) is 11.5 Å². The number of furan rings is 1. The smallest absolute Gasteiger partial charge is 0.265 e. The summed E-state index contributed by atoms with van der Waals surface area (Å²) < 4.78 is 6.94. The van der Waals surface area contributed by atoms with Crippen LogP contribution in [0.2, 0.25) is 0 Å². The van der Waals surface area contributed by atoms with Gasteiger partial charge in [0.2, 0.25) is 5.71 Å². The minimum atomic E-state index is -0.242. The average Bonchev–Trinajstić information content (AvgIpc) is 3.16. The first-order valence-electron chi connectivity index (χ1n) is 8.45. The average molecular weight is 330 g/mol. The van der Waals surface area contributed by atoms with Crippen molar-refractivity contribution in [2.75, 3.05) is 26.2 Å². The Morgan fingerprint density at radius 1 is 1.33 bits per heavy atom. The van der Waals surface area contributed by atoms with Crippen molar-refractivity contribution in [1.82, 2.24) is 19.8 Å². The first-order chi connectivity index (χ1) is 11.5. The molecule has 2 fully saturated rings. The third-order valence-electron chi connectivity index (χ3n) is 5.61. The predicted molar refractivity (Wildman–Crippen MR) is 89.0 cm³/mol. The van der Waals surface area contributed by atoms with Crippen LogP contribution in [-0.2, 0) is 7.05 Å². The molecule has 128 valence electrons. The Morgan fingerprint density at radius 3 is 2.75 bits per heavy atom. The second-order valence-electron chi connectivity index (χ2n) is 7.09. The summed E-state index contributed by atoms with van der Waals surface area (Å²) in [6, 6.07) is 0. The highest BCUT2D eigenvalue weighted by Crippen LogP contribution is 2.37. The largest absolute Gasteiger partial charge is 0.442 e. The molecule has 0 aromatic carbocycles. The fourth-order valence-electron chi connectivity index (χ4n) is 4.01. The van der Waals surface area contributed by atoms with E-state index in [2.05, 4.69) is 10.3 Å². The molecule has 2 aliphatic rings. The normalized spacial score (nSPS) is 20.2. The lowest BCUT2D eigenvalue weighted by Gasteiger charge is -2.38. The van der Waals surface area contributed by atoms with E-state index in [1.165, 1.54) is 17.3 Å². The van der Waals surface area contributed by atoms with Crippen LogP contribution in [0.1, 0.15) is 35.4 Å². The molecule has 2 aromatic rings. The summed E-state index contributed by atoms with van der Waals surface area (Å²) in [7, 11) is 1.63. The summed E-state index contributed by atoms with van der Waals surface area (Å²) in [5.41, 5.74) is 0.724. The van der Waals surface area contributed by atoms with Gasteiger partial charge in [-0.2, -0.15) is 0 Å². The van der Waals surface area contributed by atoms with Crippen LogP contribution < -0.4 is 10.9 Å². The molecule has 0 aliphatic carbocycles. The van der Waals surface area contributed by atoms with Crippen LogP contribution in [0.4, 0.5) is 0 Å². The topological polar surface area (TPSA) is 80.4 Å². The van der Waals surface area contributed by atoms with E-state index in [0.717, 1.165) is 39.0 Å². The molecule has 0 bridgehead atoms. The molecule has 7 heteroatoms. The Kier molecular flexibility index (Phi) is 3.49. The molecule has 2 aromatic heterocycles. The maximum atomic E-state index is 13.0. The number of aryl methyl sites for hydroxylation is 2. The van der Waals surface area contributed by atoms with E-state index in [0.29, 0.717) is 22.1 Å². The summed E-state index contributed by atoms with van der Waals surface area (Å²) in [6.45, 7) is 5.30. The zero-order chi connectivity index (χ0) is 16.9. The second-order valence-corrected chi connectivity index (χ2v) is 7.09. The van der Waals surface area contributed by atoms with Gasteiger partial charge in [0.15, 0.2) is 0 Å². The van der Waals surface area contributed by atoms with E-state index in [-0.39, 0.29) is 17.2 Å². The molecule has 4 heterocycles. The summed E-state index contributed by atoms with van der Waals surface area (Å²) >= 11 is 0. The molecule has 1 N–H and O–H groups in total. The molecule has 1 spiro atoms. The number of nitrogens with one attached hydrogen (secondary N) is 1. The van der Waals surface area contributed by atoms with Crippen molar-refractivity contribution < 1.29 is 9.21 Å². The van der Waals surface area contributed by atoms with Gasteiger partial charge in [0, 0.05) is 26.7 Å². The Balaban J connectivity index is 1.66. The zero-order valence-corrected chi connectivity index (χ0v) is 14.1. The monoisotopic (exact) mass is 330 g/mol. The van der Waals surface area contributed by atoms with Gasteiger partial charge in [-0.1, -0.05) is 0 Å². The van der Waals surface area contributed by atoms with Crippen molar-refractivity contribution in [1.29, 1.82) is 0 Å². The molecule has 0 unspecified atom stereocenters. The van der Waals surface area contributed by atoms with Gasteiger partial charge in [0.05, 0.1) is 5.56 Å². The lowest BCUT2D eigenvalue weighted by molar-refractivity contribution is 0.0607. The third-order valence-corrected chi connectivity index (χ3v) is 5.61. The number of hydrogen-bond donors (Lipinski definition) is 1. The molecule has 4 rings (SSSR count). The highest BCUT2D eigenvalue weighted by atomic mass is 16.3. The van der Waals surface area contributed by atoms with Crippen LogP contribution in [-0.4, -0.2) is 46.5 Å². The number of aromatic nitrogens is 2. The number of rotatable bonds is 1. The first kappa shape index (κ1) is 15.4. The molecule has 2 saturated heterocycles. The number of piperidine rings is 1. The Morgan fingerprint density at radius 2 is 2.08 bits per heavy atom. The third kappa shape index (κ3) is 2.26. The van der Waals surface area contributed by atoms with E-state index in [9.17, 15) is 9.59 Å². The number of amides is 1. The van der Waals surface area contributed by atoms with Crippen LogP contribution >= 0.6 is 0 Å². The molecule has 24 heavy (non-hydrogen) atoms. The maximum absolute atomic E-state index is 13.0. The minimum Gasteiger partial charge on any atom is -0.442 e. The van der Waals surface area contributed by atoms with E-state index in [4.69, 9.17) is 4.42 Å². The highest BCUT2D eigenvalue weighted by Gasteiger charge is 2.39. The van der Waals surface area contributed by atoms with Gasteiger partial charge in [0.1, 0.15) is 17.5 Å². The molecule has 0 saturated carbocycles. The minimum absolute atomic E-state index is 0.114. The van der Waals surface area contributed by atoms with E-state index < -0.39 is 0 Å². The van der Waals surface area contributed by atoms with Crippen LogP contribution in [0.3, 0.4) is 0 Å². The van der Waals surface area contributed by atoms with Crippen LogP contribution in [0.5, 0.6) is 0 Å². The van der Waals surface area contributed by atoms with Crippen molar-refractivity contribution in [3.8, 4) is 0 Å². The summed E-state index contributed by atoms with van der Waals surface area (Å²) in [5.74, 6) is 0.353. The van der Waals surface area contributed by atoms with Gasteiger partial charge >= 0.3 is 0 Å². The number of nitrogens with zero attached hydrogens (tertiary/aromatic N) is 3. The summed E-state index contributed by atoms with van der Waals surface area (Å²) in [4.78, 5) is 31.5. The lowest BCUT2D eigenvalue weighted by atomic mass is 9.78. The first-order valence-corrected chi connectivity index (χ1v) is 8.45. The zero-order valence-electron chi connectivity index (χ0n) is 14.1. The molecule has 2 aliphatic heterocycles. The maximum Gasteiger partial charge on any atom is 0.265 e. The van der Waals surface area contributed by atoms with Gasteiger partial charge in [-0.05, 0) is 38.1 Å². The lowest BCUT2D eigenvalue weighted by Crippen LogP contribution is -2.44. The van der Waals surface area contributed by atoms with Gasteiger partial charge in [-0.3, -0.25) is 9.59 Å². The fourth-order valence-corrected chi connectivity index (χ4v) is 4.01. The van der Waals surface area contributed by atoms with Crippen molar-refractivity contribution in [2.45, 2.75) is 26.2 Å². The SMILES string of the molecule is Cc1oc2ncn(C)c(=O)c2c1C(=O)N1CCC2(CCNC2)CC1. The van der Waals surface area contributed by atoms with Crippen LogP contribution in [0.15, 0.2) is 15.5 Å². The quantitative estimate of drug-likeness (QED) is 0.845. The number of hydrogen-bond acceptors (Lipinski definition) is 5. The second kappa shape index (κ2) is 5.44. The molecular weight excluding hydrogens is 308 g/mol. The van der Waals surface area contributed by atoms with Crippen molar-refractivity contribution in [3.05, 3.63) is 28.0 Å². The number of likely N-dealkylation sites (tertiary alicyclic amines) is 1. The van der Waals surface area contributed by atoms with Crippen molar-refractivity contribution in [2.24, 2.45) is 12.5 Å².